The number of hydrogen-bond donors (Lipinski definition) is 1. The van der Waals surface area contributed by atoms with Crippen LogP contribution < -0.4 is 20.3 Å². The number of rotatable bonds is 6. The number of aromatic nitrogens is 1. The van der Waals surface area contributed by atoms with E-state index in [9.17, 15) is 0 Å². The van der Waals surface area contributed by atoms with E-state index in [1.165, 1.54) is 31.7 Å². The monoisotopic (exact) mass is 529 g/mol. The molecule has 190 valence electrons. The lowest BCUT2D eigenvalue weighted by molar-refractivity contribution is 0.0973. The Morgan fingerprint density at radius 2 is 1.73 bits per heavy atom. The summed E-state index contributed by atoms with van der Waals surface area (Å²) in [5.74, 6) is 0.930. The molecule has 0 aliphatic carbocycles. The lowest BCUT2D eigenvalue weighted by Crippen LogP contribution is -2.37. The molecule has 4 aromatic rings. The first-order valence-corrected chi connectivity index (χ1v) is 14.2. The second kappa shape index (κ2) is 10.3. The summed E-state index contributed by atoms with van der Waals surface area (Å²) in [5, 5.41) is 0.644. The van der Waals surface area contributed by atoms with Crippen LogP contribution in [0.1, 0.15) is 17.7 Å². The van der Waals surface area contributed by atoms with Gasteiger partial charge in [0, 0.05) is 66.0 Å². The molecule has 2 aliphatic heterocycles. The number of benzene rings is 3. The summed E-state index contributed by atoms with van der Waals surface area (Å²) < 4.78 is 6.40. The summed E-state index contributed by atoms with van der Waals surface area (Å²) in [5.41, 5.74) is 10.5. The number of fused-ring (bicyclic) bond motifs is 2. The number of piperidine rings is 1. The maximum absolute atomic E-state index is 6.40. The predicted octanol–water partition coefficient (Wildman–Crippen LogP) is 6.77. The Balaban J connectivity index is 1.17. The Hall–Kier alpha value is -3.20. The first kappa shape index (κ1) is 24.2. The molecule has 1 fully saturated rings. The highest BCUT2D eigenvalue weighted by molar-refractivity contribution is 7.99. The topological polar surface area (TPSA) is 57.9 Å². The van der Waals surface area contributed by atoms with Gasteiger partial charge in [0.15, 0.2) is 5.13 Å². The first-order valence-electron chi connectivity index (χ1n) is 12.6. The van der Waals surface area contributed by atoms with Crippen molar-refractivity contribution in [2.45, 2.75) is 35.3 Å². The number of nitrogens with two attached hydrogens (primary N) is 1. The van der Waals surface area contributed by atoms with E-state index in [1.54, 1.807) is 11.3 Å². The van der Waals surface area contributed by atoms with Gasteiger partial charge in [-0.3, -0.25) is 4.90 Å². The molecule has 6 rings (SSSR count). The molecule has 0 spiro atoms. The lowest BCUT2D eigenvalue weighted by atomic mass is 10.1. The summed E-state index contributed by atoms with van der Waals surface area (Å²) in [6.45, 7) is 2.96. The normalized spacial score (nSPS) is 15.8. The third-order valence-electron chi connectivity index (χ3n) is 6.91. The Labute approximate surface area is 226 Å². The third kappa shape index (κ3) is 5.14. The zero-order chi connectivity index (χ0) is 25.4. The molecule has 0 saturated carbocycles. The zero-order valence-electron chi connectivity index (χ0n) is 21.1. The number of nitrogen functional groups attached to an aromatic ring is 1. The molecule has 0 bridgehead atoms. The van der Waals surface area contributed by atoms with Crippen molar-refractivity contribution in [2.24, 2.45) is 0 Å². The zero-order valence-corrected chi connectivity index (χ0v) is 22.8. The average Bonchev–Trinajstić information content (AvgIpc) is 3.33. The maximum Gasteiger partial charge on any atom is 0.180 e. The number of nitrogens with zero attached hydrogens (tertiary/aromatic N) is 4. The van der Waals surface area contributed by atoms with E-state index in [2.05, 4.69) is 101 Å². The van der Waals surface area contributed by atoms with Gasteiger partial charge in [0.2, 0.25) is 0 Å². The molecule has 3 heterocycles. The van der Waals surface area contributed by atoms with Crippen molar-refractivity contribution < 1.29 is 4.74 Å². The number of likely N-dealkylation sites (tertiary alicyclic amines) is 1. The highest BCUT2D eigenvalue weighted by atomic mass is 32.2. The summed E-state index contributed by atoms with van der Waals surface area (Å²) in [4.78, 5) is 14.9. The van der Waals surface area contributed by atoms with Crippen LogP contribution in [-0.2, 0) is 6.54 Å². The highest BCUT2D eigenvalue weighted by Gasteiger charge is 2.26. The van der Waals surface area contributed by atoms with Crippen LogP contribution in [0, 0.1) is 0 Å². The van der Waals surface area contributed by atoms with Crippen LogP contribution in [-0.4, -0.2) is 43.2 Å². The minimum absolute atomic E-state index is 0.240. The van der Waals surface area contributed by atoms with Gasteiger partial charge in [0.05, 0.1) is 11.4 Å². The molecule has 3 aromatic carbocycles. The van der Waals surface area contributed by atoms with E-state index in [4.69, 9.17) is 10.5 Å². The molecule has 2 aliphatic rings. The SMILES string of the molecule is CN(C)c1ccc2c(c1)N(c1ccc(OC3CCN(Cc4cnc(N)s4)CC3)cc1)c1ccccc1S2. The molecule has 0 radical (unpaired) electrons. The second-order valence-corrected chi connectivity index (χ2v) is 11.9. The number of thiazole rings is 1. The molecule has 37 heavy (non-hydrogen) atoms. The minimum atomic E-state index is 0.240. The van der Waals surface area contributed by atoms with Crippen molar-refractivity contribution in [2.75, 3.05) is 42.7 Å². The van der Waals surface area contributed by atoms with Gasteiger partial charge in [-0.1, -0.05) is 23.9 Å². The van der Waals surface area contributed by atoms with Crippen LogP contribution in [0.15, 0.2) is 82.7 Å². The Bertz CT molecular complexity index is 1380. The van der Waals surface area contributed by atoms with E-state index in [0.29, 0.717) is 5.13 Å². The molecule has 0 amide bonds. The standard InChI is InChI=1S/C29H31N5OS2/c1-32(2)21-9-12-28-26(17-21)34(25-5-3-4-6-27(25)37-28)20-7-10-22(11-8-20)35-23-13-15-33(16-14-23)19-24-18-31-29(30)36-24/h3-12,17-18,23H,13-16,19H2,1-2H3,(H2,30,31). The van der Waals surface area contributed by atoms with E-state index < -0.39 is 0 Å². The van der Waals surface area contributed by atoms with Crippen LogP contribution in [0.2, 0.25) is 0 Å². The van der Waals surface area contributed by atoms with Gasteiger partial charge in [-0.15, -0.1) is 11.3 Å². The highest BCUT2D eigenvalue weighted by Crippen LogP contribution is 2.52. The summed E-state index contributed by atoms with van der Waals surface area (Å²) >= 11 is 3.41. The van der Waals surface area contributed by atoms with Gasteiger partial charge >= 0.3 is 0 Å². The molecular weight excluding hydrogens is 498 g/mol. The molecule has 0 atom stereocenters. The largest absolute Gasteiger partial charge is 0.490 e. The van der Waals surface area contributed by atoms with Crippen molar-refractivity contribution >= 4 is 51.0 Å². The van der Waals surface area contributed by atoms with Crippen molar-refractivity contribution in [3.63, 3.8) is 0 Å². The van der Waals surface area contributed by atoms with Crippen LogP contribution in [0.25, 0.3) is 0 Å². The van der Waals surface area contributed by atoms with Crippen molar-refractivity contribution in [1.82, 2.24) is 9.88 Å². The molecular formula is C29H31N5OS2. The fraction of sp³-hybridized carbons (Fsp3) is 0.276. The van der Waals surface area contributed by atoms with E-state index in [1.807, 2.05) is 18.0 Å². The number of anilines is 5. The van der Waals surface area contributed by atoms with Gasteiger partial charge in [-0.05, 0) is 67.4 Å². The molecule has 1 saturated heterocycles. The quantitative estimate of drug-likeness (QED) is 0.260. The lowest BCUT2D eigenvalue weighted by Gasteiger charge is -2.34. The van der Waals surface area contributed by atoms with Gasteiger partial charge in [0.25, 0.3) is 0 Å². The van der Waals surface area contributed by atoms with Crippen molar-refractivity contribution in [1.29, 1.82) is 0 Å². The van der Waals surface area contributed by atoms with Crippen LogP contribution >= 0.6 is 23.1 Å². The molecule has 0 unspecified atom stereocenters. The summed E-state index contributed by atoms with van der Waals surface area (Å²) in [6.07, 6.45) is 4.17. The average molecular weight is 530 g/mol. The van der Waals surface area contributed by atoms with Crippen molar-refractivity contribution in [3.05, 3.63) is 77.8 Å². The van der Waals surface area contributed by atoms with E-state index in [-0.39, 0.29) is 6.10 Å². The first-order chi connectivity index (χ1) is 18.0. The Kier molecular flexibility index (Phi) is 6.71. The van der Waals surface area contributed by atoms with Gasteiger partial charge in [-0.2, -0.15) is 0 Å². The number of hydrogen-bond acceptors (Lipinski definition) is 8. The Morgan fingerprint density at radius 1 is 0.973 bits per heavy atom. The smallest absolute Gasteiger partial charge is 0.180 e. The maximum atomic E-state index is 6.40. The van der Waals surface area contributed by atoms with Gasteiger partial charge in [0.1, 0.15) is 11.9 Å². The predicted molar refractivity (Wildman–Crippen MR) is 155 cm³/mol. The van der Waals surface area contributed by atoms with Gasteiger partial charge in [-0.25, -0.2) is 4.98 Å². The van der Waals surface area contributed by atoms with Crippen LogP contribution in [0.4, 0.5) is 27.9 Å². The molecule has 8 heteroatoms. The number of ether oxygens (including phenoxy) is 1. The summed E-state index contributed by atoms with van der Waals surface area (Å²) in [7, 11) is 4.17. The molecule has 6 nitrogen and oxygen atoms in total. The fourth-order valence-corrected chi connectivity index (χ4v) is 6.73. The Morgan fingerprint density at radius 3 is 2.46 bits per heavy atom. The third-order valence-corrected chi connectivity index (χ3v) is 8.85. The fourth-order valence-electron chi connectivity index (χ4n) is 4.97. The van der Waals surface area contributed by atoms with Gasteiger partial charge < -0.3 is 20.3 Å². The molecule has 2 N–H and O–H groups in total. The summed E-state index contributed by atoms with van der Waals surface area (Å²) in [6, 6.07) is 23.9. The van der Waals surface area contributed by atoms with E-state index >= 15 is 0 Å². The number of para-hydroxylation sites is 1. The van der Waals surface area contributed by atoms with E-state index in [0.717, 1.165) is 43.9 Å². The molecule has 1 aromatic heterocycles. The van der Waals surface area contributed by atoms with Crippen LogP contribution in [0.3, 0.4) is 0 Å². The van der Waals surface area contributed by atoms with Crippen molar-refractivity contribution in [3.8, 4) is 5.75 Å². The minimum Gasteiger partial charge on any atom is -0.490 e. The second-order valence-electron chi connectivity index (χ2n) is 9.70. The van der Waals surface area contributed by atoms with Crippen LogP contribution in [0.5, 0.6) is 5.75 Å².